The molecule has 1 fully saturated rings. The number of hydrogen-bond donors (Lipinski definition) is 2. The predicted molar refractivity (Wildman–Crippen MR) is 66.9 cm³/mol. The van der Waals surface area contributed by atoms with E-state index in [1.807, 2.05) is 0 Å². The number of pyridine rings is 1. The molecular weight excluding hydrogens is 256 g/mol. The van der Waals surface area contributed by atoms with Gasteiger partial charge in [0, 0.05) is 6.54 Å². The number of aromatic nitrogens is 1. The third kappa shape index (κ3) is 2.24. The maximum Gasteiger partial charge on any atom is 0.257 e. The van der Waals surface area contributed by atoms with Crippen LogP contribution >= 0.6 is 11.6 Å². The number of amides is 2. The van der Waals surface area contributed by atoms with Crippen molar-refractivity contribution in [2.24, 2.45) is 5.73 Å². The fourth-order valence-corrected chi connectivity index (χ4v) is 2.26. The SMILES string of the molecule is NC(=O)C1CCCN1C(=O)c1cc(N)cnc1Cl. The molecule has 1 saturated heterocycles. The lowest BCUT2D eigenvalue weighted by Gasteiger charge is -2.22. The van der Waals surface area contributed by atoms with Gasteiger partial charge in [-0.05, 0) is 18.9 Å². The highest BCUT2D eigenvalue weighted by Crippen LogP contribution is 2.23. The van der Waals surface area contributed by atoms with E-state index in [0.29, 0.717) is 18.7 Å². The van der Waals surface area contributed by atoms with Gasteiger partial charge in [0.25, 0.3) is 5.91 Å². The van der Waals surface area contributed by atoms with Crippen LogP contribution in [0.1, 0.15) is 23.2 Å². The Labute approximate surface area is 109 Å². The summed E-state index contributed by atoms with van der Waals surface area (Å²) in [6, 6.07) is 0.878. The molecule has 1 aromatic heterocycles. The van der Waals surface area contributed by atoms with Crippen LogP contribution in [0.3, 0.4) is 0 Å². The van der Waals surface area contributed by atoms with E-state index < -0.39 is 11.9 Å². The van der Waals surface area contributed by atoms with Crippen LogP contribution in [0.2, 0.25) is 5.15 Å². The van der Waals surface area contributed by atoms with Gasteiger partial charge in [0.15, 0.2) is 0 Å². The van der Waals surface area contributed by atoms with Crippen LogP contribution < -0.4 is 11.5 Å². The first-order valence-electron chi connectivity index (χ1n) is 5.52. The molecule has 6 nitrogen and oxygen atoms in total. The van der Waals surface area contributed by atoms with E-state index >= 15 is 0 Å². The van der Waals surface area contributed by atoms with Crippen LogP contribution in [0.15, 0.2) is 12.3 Å². The van der Waals surface area contributed by atoms with E-state index in [4.69, 9.17) is 23.1 Å². The van der Waals surface area contributed by atoms with Gasteiger partial charge in [0.05, 0.1) is 17.4 Å². The Bertz CT molecular complexity index is 506. The van der Waals surface area contributed by atoms with E-state index in [1.54, 1.807) is 0 Å². The Morgan fingerprint density at radius 1 is 1.50 bits per heavy atom. The molecule has 1 atom stereocenters. The van der Waals surface area contributed by atoms with Crippen LogP contribution in [0.25, 0.3) is 0 Å². The fraction of sp³-hybridized carbons (Fsp3) is 0.364. The first kappa shape index (κ1) is 12.6. The highest BCUT2D eigenvalue weighted by atomic mass is 35.5. The van der Waals surface area contributed by atoms with Gasteiger partial charge in [-0.1, -0.05) is 11.6 Å². The third-order valence-corrected chi connectivity index (χ3v) is 3.23. The number of anilines is 1. The highest BCUT2D eigenvalue weighted by Gasteiger charge is 2.34. The Balaban J connectivity index is 2.31. The first-order chi connectivity index (χ1) is 8.50. The second-order valence-electron chi connectivity index (χ2n) is 4.17. The topological polar surface area (TPSA) is 102 Å². The van der Waals surface area contributed by atoms with Crippen molar-refractivity contribution in [1.29, 1.82) is 0 Å². The summed E-state index contributed by atoms with van der Waals surface area (Å²) >= 11 is 5.87. The Morgan fingerprint density at radius 2 is 2.22 bits per heavy atom. The summed E-state index contributed by atoms with van der Waals surface area (Å²) in [6.07, 6.45) is 2.69. The van der Waals surface area contributed by atoms with Crippen molar-refractivity contribution in [1.82, 2.24) is 9.88 Å². The molecule has 0 aromatic carbocycles. The van der Waals surface area contributed by atoms with E-state index in [0.717, 1.165) is 6.42 Å². The van der Waals surface area contributed by atoms with Crippen LogP contribution in [-0.2, 0) is 4.79 Å². The van der Waals surface area contributed by atoms with Crippen molar-refractivity contribution >= 4 is 29.1 Å². The number of rotatable bonds is 2. The minimum Gasteiger partial charge on any atom is -0.397 e. The average Bonchev–Trinajstić information content (AvgIpc) is 2.80. The van der Waals surface area contributed by atoms with Crippen molar-refractivity contribution < 1.29 is 9.59 Å². The first-order valence-corrected chi connectivity index (χ1v) is 5.90. The summed E-state index contributed by atoms with van der Waals surface area (Å²) < 4.78 is 0. The quantitative estimate of drug-likeness (QED) is 0.758. The molecule has 1 aliphatic heterocycles. The second kappa shape index (κ2) is 4.81. The molecule has 0 saturated carbocycles. The molecule has 2 amide bonds. The Kier molecular flexibility index (Phi) is 3.38. The zero-order chi connectivity index (χ0) is 13.3. The zero-order valence-electron chi connectivity index (χ0n) is 9.60. The van der Waals surface area contributed by atoms with Crippen LogP contribution in [0.5, 0.6) is 0 Å². The van der Waals surface area contributed by atoms with E-state index in [1.165, 1.54) is 17.2 Å². The molecular formula is C11H13ClN4O2. The van der Waals surface area contributed by atoms with Gasteiger partial charge in [0.2, 0.25) is 5.91 Å². The van der Waals surface area contributed by atoms with Gasteiger partial charge < -0.3 is 16.4 Å². The van der Waals surface area contributed by atoms with Crippen LogP contribution in [0.4, 0.5) is 5.69 Å². The maximum atomic E-state index is 12.3. The molecule has 7 heteroatoms. The Hall–Kier alpha value is -1.82. The van der Waals surface area contributed by atoms with Crippen molar-refractivity contribution in [3.63, 3.8) is 0 Å². The molecule has 2 heterocycles. The molecule has 96 valence electrons. The summed E-state index contributed by atoms with van der Waals surface area (Å²) in [5.74, 6) is -0.866. The van der Waals surface area contributed by atoms with Gasteiger partial charge in [-0.3, -0.25) is 9.59 Å². The lowest BCUT2D eigenvalue weighted by Crippen LogP contribution is -2.43. The number of nitrogens with zero attached hydrogens (tertiary/aromatic N) is 2. The lowest BCUT2D eigenvalue weighted by molar-refractivity contribution is -0.121. The number of carbonyl (C=O) groups excluding carboxylic acids is 2. The minimum atomic E-state index is -0.574. The van der Waals surface area contributed by atoms with Gasteiger partial charge in [-0.25, -0.2) is 4.98 Å². The molecule has 0 bridgehead atoms. The summed E-state index contributed by atoms with van der Waals surface area (Å²) in [6.45, 7) is 0.484. The van der Waals surface area contributed by atoms with E-state index in [9.17, 15) is 9.59 Å². The van der Waals surface area contributed by atoms with Gasteiger partial charge in [-0.2, -0.15) is 0 Å². The normalized spacial score (nSPS) is 18.9. The number of carbonyl (C=O) groups is 2. The molecule has 2 rings (SSSR count). The van der Waals surface area contributed by atoms with Crippen molar-refractivity contribution in [3.8, 4) is 0 Å². The summed E-state index contributed by atoms with van der Waals surface area (Å²) in [5, 5.41) is 0.0734. The monoisotopic (exact) mass is 268 g/mol. The molecule has 0 spiro atoms. The van der Waals surface area contributed by atoms with Crippen LogP contribution in [0, 0.1) is 0 Å². The van der Waals surface area contributed by atoms with E-state index in [-0.39, 0.29) is 16.6 Å². The number of nitrogen functional groups attached to an aromatic ring is 1. The summed E-state index contributed by atoms with van der Waals surface area (Å²) in [4.78, 5) is 28.8. The highest BCUT2D eigenvalue weighted by molar-refractivity contribution is 6.32. The van der Waals surface area contributed by atoms with Gasteiger partial charge in [-0.15, -0.1) is 0 Å². The largest absolute Gasteiger partial charge is 0.397 e. The van der Waals surface area contributed by atoms with E-state index in [2.05, 4.69) is 4.98 Å². The molecule has 4 N–H and O–H groups in total. The maximum absolute atomic E-state index is 12.3. The van der Waals surface area contributed by atoms with Gasteiger partial charge >= 0.3 is 0 Å². The molecule has 0 aliphatic carbocycles. The minimum absolute atomic E-state index is 0.0734. The molecule has 1 unspecified atom stereocenters. The van der Waals surface area contributed by atoms with Crippen molar-refractivity contribution in [2.75, 3.05) is 12.3 Å². The Morgan fingerprint density at radius 3 is 2.89 bits per heavy atom. The summed E-state index contributed by atoms with van der Waals surface area (Å²) in [5.41, 5.74) is 11.4. The number of hydrogen-bond acceptors (Lipinski definition) is 4. The number of halogens is 1. The average molecular weight is 269 g/mol. The number of primary amides is 1. The molecule has 1 aromatic rings. The number of likely N-dealkylation sites (tertiary alicyclic amines) is 1. The molecule has 18 heavy (non-hydrogen) atoms. The third-order valence-electron chi connectivity index (χ3n) is 2.93. The van der Waals surface area contributed by atoms with Crippen molar-refractivity contribution in [3.05, 3.63) is 23.0 Å². The van der Waals surface area contributed by atoms with Gasteiger partial charge in [0.1, 0.15) is 11.2 Å². The zero-order valence-corrected chi connectivity index (χ0v) is 10.4. The standard InChI is InChI=1S/C11H13ClN4O2/c12-9-7(4-6(13)5-15-9)11(18)16-3-1-2-8(16)10(14)17/h4-5,8H,1-3,13H2,(H2,14,17). The smallest absolute Gasteiger partial charge is 0.257 e. The second-order valence-corrected chi connectivity index (χ2v) is 4.52. The predicted octanol–water partition coefficient (Wildman–Crippen LogP) is 0.407. The summed E-state index contributed by atoms with van der Waals surface area (Å²) in [7, 11) is 0. The fourth-order valence-electron chi connectivity index (χ4n) is 2.07. The molecule has 1 aliphatic rings. The lowest BCUT2D eigenvalue weighted by atomic mass is 10.2. The molecule has 0 radical (unpaired) electrons. The van der Waals surface area contributed by atoms with Crippen molar-refractivity contribution in [2.45, 2.75) is 18.9 Å². The van der Waals surface area contributed by atoms with Crippen LogP contribution in [-0.4, -0.2) is 34.3 Å². The number of nitrogens with two attached hydrogens (primary N) is 2.